The van der Waals surface area contributed by atoms with E-state index in [4.69, 9.17) is 4.74 Å². The normalized spacial score (nSPS) is 29.0. The van der Waals surface area contributed by atoms with Crippen LogP contribution in [0.5, 0.6) is 0 Å². The Hall–Kier alpha value is -0.0400. The second kappa shape index (κ2) is 2.47. The lowest BCUT2D eigenvalue weighted by molar-refractivity contribution is 0.0738. The average molecular weight is 168 g/mol. The Morgan fingerprint density at radius 1 is 1.08 bits per heavy atom. The molecule has 0 bridgehead atoms. The van der Waals surface area contributed by atoms with Crippen molar-refractivity contribution >= 4 is 0 Å². The van der Waals surface area contributed by atoms with Gasteiger partial charge in [-0.2, -0.15) is 0 Å². The fourth-order valence-corrected chi connectivity index (χ4v) is 2.50. The molecular weight excluding hydrogens is 148 g/mol. The first-order chi connectivity index (χ1) is 5.61. The van der Waals surface area contributed by atoms with Crippen LogP contribution in [0.4, 0.5) is 0 Å². The van der Waals surface area contributed by atoms with Crippen LogP contribution < -0.4 is 0 Å². The smallest absolute Gasteiger partial charge is 0.0500 e. The molecule has 0 aromatic carbocycles. The molecule has 12 heavy (non-hydrogen) atoms. The van der Waals surface area contributed by atoms with E-state index in [0.717, 1.165) is 12.5 Å². The highest BCUT2D eigenvalue weighted by Gasteiger charge is 2.56. The zero-order chi connectivity index (χ0) is 8.82. The molecule has 2 fully saturated rings. The Labute approximate surface area is 75.5 Å². The molecule has 0 unspecified atom stereocenters. The Morgan fingerprint density at radius 3 is 1.75 bits per heavy atom. The second-order valence-electron chi connectivity index (χ2n) is 5.32. The van der Waals surface area contributed by atoms with Gasteiger partial charge in [0.1, 0.15) is 0 Å². The SMILES string of the molecule is COCC(C1(C)CC1)C1(C)CC1. The third kappa shape index (κ3) is 1.28. The molecule has 2 rings (SSSR count). The van der Waals surface area contributed by atoms with Crippen LogP contribution in [0.15, 0.2) is 0 Å². The van der Waals surface area contributed by atoms with Gasteiger partial charge < -0.3 is 4.74 Å². The molecule has 70 valence electrons. The first kappa shape index (κ1) is 8.55. The van der Waals surface area contributed by atoms with Gasteiger partial charge in [0.2, 0.25) is 0 Å². The van der Waals surface area contributed by atoms with Crippen LogP contribution in [0.2, 0.25) is 0 Å². The molecule has 0 saturated heterocycles. The van der Waals surface area contributed by atoms with E-state index in [1.165, 1.54) is 25.7 Å². The van der Waals surface area contributed by atoms with Crippen LogP contribution in [0.3, 0.4) is 0 Å². The monoisotopic (exact) mass is 168 g/mol. The maximum Gasteiger partial charge on any atom is 0.0500 e. The molecule has 0 aromatic heterocycles. The zero-order valence-electron chi connectivity index (χ0n) is 8.52. The summed E-state index contributed by atoms with van der Waals surface area (Å²) in [5.41, 5.74) is 1.28. The molecule has 0 radical (unpaired) electrons. The van der Waals surface area contributed by atoms with Gasteiger partial charge in [0.25, 0.3) is 0 Å². The number of hydrogen-bond acceptors (Lipinski definition) is 1. The highest BCUT2D eigenvalue weighted by molar-refractivity contribution is 5.06. The molecule has 2 aliphatic rings. The summed E-state index contributed by atoms with van der Waals surface area (Å²) >= 11 is 0. The van der Waals surface area contributed by atoms with E-state index in [2.05, 4.69) is 13.8 Å². The van der Waals surface area contributed by atoms with Gasteiger partial charge in [0.05, 0.1) is 6.61 Å². The van der Waals surface area contributed by atoms with Crippen molar-refractivity contribution in [3.05, 3.63) is 0 Å². The third-order valence-corrected chi connectivity index (χ3v) is 4.09. The predicted molar refractivity (Wildman–Crippen MR) is 50.0 cm³/mol. The van der Waals surface area contributed by atoms with Crippen molar-refractivity contribution in [2.24, 2.45) is 16.7 Å². The second-order valence-corrected chi connectivity index (χ2v) is 5.32. The first-order valence-electron chi connectivity index (χ1n) is 5.10. The van der Waals surface area contributed by atoms with Crippen LogP contribution in [-0.4, -0.2) is 13.7 Å². The van der Waals surface area contributed by atoms with Gasteiger partial charge in [-0.25, -0.2) is 0 Å². The average Bonchev–Trinajstić information content (AvgIpc) is 2.89. The largest absolute Gasteiger partial charge is 0.384 e. The van der Waals surface area contributed by atoms with Crippen molar-refractivity contribution in [3.8, 4) is 0 Å². The van der Waals surface area contributed by atoms with E-state index in [0.29, 0.717) is 10.8 Å². The van der Waals surface area contributed by atoms with Crippen molar-refractivity contribution in [1.82, 2.24) is 0 Å². The lowest BCUT2D eigenvalue weighted by Crippen LogP contribution is -2.26. The maximum atomic E-state index is 5.34. The highest BCUT2D eigenvalue weighted by atomic mass is 16.5. The number of ether oxygens (including phenoxy) is 1. The van der Waals surface area contributed by atoms with Crippen LogP contribution >= 0.6 is 0 Å². The van der Waals surface area contributed by atoms with Gasteiger partial charge >= 0.3 is 0 Å². The standard InChI is InChI=1S/C11H20O/c1-10(4-5-10)9(8-12-3)11(2)6-7-11/h9H,4-8H2,1-3H3. The van der Waals surface area contributed by atoms with Gasteiger partial charge in [0, 0.05) is 7.11 Å². The minimum Gasteiger partial charge on any atom is -0.384 e. The summed E-state index contributed by atoms with van der Waals surface area (Å²) in [7, 11) is 1.84. The summed E-state index contributed by atoms with van der Waals surface area (Å²) in [6.45, 7) is 5.84. The van der Waals surface area contributed by atoms with E-state index in [1.54, 1.807) is 0 Å². The summed E-state index contributed by atoms with van der Waals surface area (Å²) in [5, 5.41) is 0. The predicted octanol–water partition coefficient (Wildman–Crippen LogP) is 2.85. The molecule has 0 N–H and O–H groups in total. The van der Waals surface area contributed by atoms with Crippen LogP contribution in [0.25, 0.3) is 0 Å². The van der Waals surface area contributed by atoms with Crippen molar-refractivity contribution < 1.29 is 4.74 Å². The molecule has 2 aliphatic carbocycles. The van der Waals surface area contributed by atoms with Crippen molar-refractivity contribution in [2.45, 2.75) is 39.5 Å². The highest BCUT2D eigenvalue weighted by Crippen LogP contribution is 2.64. The van der Waals surface area contributed by atoms with Gasteiger partial charge in [-0.15, -0.1) is 0 Å². The number of hydrogen-bond donors (Lipinski definition) is 0. The van der Waals surface area contributed by atoms with Crippen LogP contribution in [-0.2, 0) is 4.74 Å². The topological polar surface area (TPSA) is 9.23 Å². The minimum atomic E-state index is 0.640. The van der Waals surface area contributed by atoms with Crippen LogP contribution in [0, 0.1) is 16.7 Å². The molecule has 0 amide bonds. The van der Waals surface area contributed by atoms with Gasteiger partial charge in [-0.3, -0.25) is 0 Å². The lowest BCUT2D eigenvalue weighted by Gasteiger charge is -2.29. The lowest BCUT2D eigenvalue weighted by atomic mass is 9.79. The summed E-state index contributed by atoms with van der Waals surface area (Å²) in [6.07, 6.45) is 5.71. The first-order valence-corrected chi connectivity index (χ1v) is 5.10. The quantitative estimate of drug-likeness (QED) is 0.627. The molecule has 1 nitrogen and oxygen atoms in total. The summed E-state index contributed by atoms with van der Waals surface area (Å²) in [4.78, 5) is 0. The molecule has 0 heterocycles. The fourth-order valence-electron chi connectivity index (χ4n) is 2.50. The van der Waals surface area contributed by atoms with Gasteiger partial charge in [-0.1, -0.05) is 13.8 Å². The van der Waals surface area contributed by atoms with E-state index in [9.17, 15) is 0 Å². The zero-order valence-corrected chi connectivity index (χ0v) is 8.52. The van der Waals surface area contributed by atoms with Gasteiger partial charge in [-0.05, 0) is 42.4 Å². The van der Waals surface area contributed by atoms with E-state index in [-0.39, 0.29) is 0 Å². The summed E-state index contributed by atoms with van der Waals surface area (Å²) in [5.74, 6) is 0.829. The molecule has 0 atom stereocenters. The molecule has 1 heteroatoms. The van der Waals surface area contributed by atoms with E-state index < -0.39 is 0 Å². The number of rotatable bonds is 4. The van der Waals surface area contributed by atoms with Gasteiger partial charge in [0.15, 0.2) is 0 Å². The van der Waals surface area contributed by atoms with Crippen molar-refractivity contribution in [2.75, 3.05) is 13.7 Å². The third-order valence-electron chi connectivity index (χ3n) is 4.09. The Balaban J connectivity index is 2.03. The minimum absolute atomic E-state index is 0.640. The van der Waals surface area contributed by atoms with Crippen LogP contribution in [0.1, 0.15) is 39.5 Å². The number of methoxy groups -OCH3 is 1. The summed E-state index contributed by atoms with van der Waals surface area (Å²) in [6, 6.07) is 0. The molecule has 0 spiro atoms. The van der Waals surface area contributed by atoms with Crippen molar-refractivity contribution in [3.63, 3.8) is 0 Å². The Bertz CT molecular complexity index is 159. The molecular formula is C11H20O. The molecule has 0 aromatic rings. The Kier molecular flexibility index (Phi) is 1.76. The van der Waals surface area contributed by atoms with E-state index >= 15 is 0 Å². The molecule has 2 saturated carbocycles. The maximum absolute atomic E-state index is 5.34. The Morgan fingerprint density at radius 2 is 1.50 bits per heavy atom. The summed E-state index contributed by atoms with van der Waals surface area (Å²) < 4.78 is 5.34. The fraction of sp³-hybridized carbons (Fsp3) is 1.00. The molecule has 0 aliphatic heterocycles. The van der Waals surface area contributed by atoms with Crippen molar-refractivity contribution in [1.29, 1.82) is 0 Å². The van der Waals surface area contributed by atoms with E-state index in [1.807, 2.05) is 7.11 Å².